The number of hydrogen-bond donors (Lipinski definition) is 1. The SMILES string of the molecule is C#C.CCC.CNC(=O)c1c(-c2ccc(F)cc2)oc2cc(N(C)SC)ccc12. The molecule has 0 bridgehead atoms. The van der Waals surface area contributed by atoms with Gasteiger partial charge in [0.2, 0.25) is 0 Å². The summed E-state index contributed by atoms with van der Waals surface area (Å²) in [5.74, 6) is -0.132. The minimum absolute atomic E-state index is 0.237. The molecule has 3 aromatic rings. The number of hydrogen-bond acceptors (Lipinski definition) is 4. The summed E-state index contributed by atoms with van der Waals surface area (Å²) in [5, 5.41) is 3.37. The molecule has 0 unspecified atom stereocenters. The number of rotatable bonds is 4. The molecule has 3 rings (SSSR count). The fourth-order valence-electron chi connectivity index (χ4n) is 2.54. The summed E-state index contributed by atoms with van der Waals surface area (Å²) in [7, 11) is 3.53. The lowest BCUT2D eigenvalue weighted by Gasteiger charge is -2.14. The van der Waals surface area contributed by atoms with E-state index in [1.165, 1.54) is 18.6 Å². The van der Waals surface area contributed by atoms with Crippen LogP contribution in [0.5, 0.6) is 0 Å². The zero-order valence-corrected chi connectivity index (χ0v) is 18.3. The third-order valence-electron chi connectivity index (χ3n) is 3.87. The Hall–Kier alpha value is -2.91. The van der Waals surface area contributed by atoms with Crippen molar-refractivity contribution in [1.29, 1.82) is 0 Å². The number of nitrogens with one attached hydrogen (secondary N) is 1. The van der Waals surface area contributed by atoms with Crippen LogP contribution in [0.15, 0.2) is 46.9 Å². The molecule has 154 valence electrons. The average Bonchev–Trinajstić information content (AvgIpc) is 3.13. The Morgan fingerprint density at radius 2 is 1.76 bits per heavy atom. The Labute approximate surface area is 176 Å². The van der Waals surface area contributed by atoms with Gasteiger partial charge in [-0.15, -0.1) is 12.8 Å². The van der Waals surface area contributed by atoms with Crippen molar-refractivity contribution in [3.63, 3.8) is 0 Å². The first-order chi connectivity index (χ1) is 14.0. The van der Waals surface area contributed by atoms with Gasteiger partial charge in [-0.2, -0.15) is 0 Å². The normalized spacial score (nSPS) is 9.66. The Bertz CT molecular complexity index is 949. The van der Waals surface area contributed by atoms with Crippen molar-refractivity contribution in [1.82, 2.24) is 5.32 Å². The van der Waals surface area contributed by atoms with Gasteiger partial charge in [-0.25, -0.2) is 4.39 Å². The average molecular weight is 415 g/mol. The van der Waals surface area contributed by atoms with Crippen LogP contribution >= 0.6 is 11.9 Å². The van der Waals surface area contributed by atoms with Gasteiger partial charge in [0, 0.05) is 37.4 Å². The fraction of sp³-hybridized carbons (Fsp3) is 0.261. The number of benzene rings is 2. The van der Waals surface area contributed by atoms with Gasteiger partial charge in [0.1, 0.15) is 17.2 Å². The molecule has 0 saturated heterocycles. The highest BCUT2D eigenvalue weighted by Crippen LogP contribution is 2.36. The van der Waals surface area contributed by atoms with Crippen LogP contribution in [-0.2, 0) is 0 Å². The van der Waals surface area contributed by atoms with E-state index >= 15 is 0 Å². The van der Waals surface area contributed by atoms with Crippen molar-refractivity contribution in [2.24, 2.45) is 0 Å². The summed E-state index contributed by atoms with van der Waals surface area (Å²) in [5.41, 5.74) is 2.70. The number of nitrogens with zero attached hydrogens (tertiary/aromatic N) is 1. The van der Waals surface area contributed by atoms with E-state index in [0.29, 0.717) is 22.5 Å². The van der Waals surface area contributed by atoms with Gasteiger partial charge in [0.15, 0.2) is 0 Å². The molecule has 0 atom stereocenters. The number of anilines is 1. The summed E-state index contributed by atoms with van der Waals surface area (Å²) in [4.78, 5) is 12.4. The highest BCUT2D eigenvalue weighted by molar-refractivity contribution is 7.99. The lowest BCUT2D eigenvalue weighted by molar-refractivity contribution is 0.0964. The molecule has 29 heavy (non-hydrogen) atoms. The molecule has 1 amide bonds. The first-order valence-electron chi connectivity index (χ1n) is 9.12. The third-order valence-corrected chi connectivity index (χ3v) is 4.63. The first-order valence-corrected chi connectivity index (χ1v) is 10.3. The second-order valence-electron chi connectivity index (χ2n) is 5.96. The number of terminal acetylenes is 1. The van der Waals surface area contributed by atoms with Crippen molar-refractivity contribution < 1.29 is 13.6 Å². The summed E-state index contributed by atoms with van der Waals surface area (Å²) < 4.78 is 21.2. The Morgan fingerprint density at radius 3 is 2.28 bits per heavy atom. The van der Waals surface area contributed by atoms with Gasteiger partial charge < -0.3 is 14.0 Å². The smallest absolute Gasteiger partial charge is 0.255 e. The third kappa shape index (κ3) is 5.78. The molecule has 1 heterocycles. The molecular weight excluding hydrogens is 387 g/mol. The van der Waals surface area contributed by atoms with Crippen molar-refractivity contribution in [3.8, 4) is 24.2 Å². The molecule has 0 radical (unpaired) electrons. The molecule has 0 fully saturated rings. The molecule has 1 N–H and O–H groups in total. The molecule has 0 spiro atoms. The van der Waals surface area contributed by atoms with Gasteiger partial charge >= 0.3 is 0 Å². The predicted octanol–water partition coefficient (Wildman–Crippen LogP) is 5.98. The maximum atomic E-state index is 13.2. The van der Waals surface area contributed by atoms with E-state index in [9.17, 15) is 9.18 Å². The second-order valence-corrected chi connectivity index (χ2v) is 6.87. The van der Waals surface area contributed by atoms with Crippen LogP contribution in [0.3, 0.4) is 0 Å². The number of carbonyl (C=O) groups excluding carboxylic acids is 1. The quantitative estimate of drug-likeness (QED) is 0.421. The molecule has 4 nitrogen and oxygen atoms in total. The second kappa shape index (κ2) is 11.8. The van der Waals surface area contributed by atoms with E-state index in [1.54, 1.807) is 31.1 Å². The summed E-state index contributed by atoms with van der Waals surface area (Å²) in [6.07, 6.45) is 11.2. The molecule has 0 saturated carbocycles. The minimum atomic E-state index is -0.333. The number of fused-ring (bicyclic) bond motifs is 1. The van der Waals surface area contributed by atoms with E-state index in [2.05, 4.69) is 32.0 Å². The zero-order chi connectivity index (χ0) is 22.0. The van der Waals surface area contributed by atoms with E-state index in [0.717, 1.165) is 11.1 Å². The van der Waals surface area contributed by atoms with Crippen LogP contribution in [0, 0.1) is 18.7 Å². The molecule has 0 aliphatic carbocycles. The van der Waals surface area contributed by atoms with Gasteiger partial charge in [0.05, 0.1) is 11.3 Å². The van der Waals surface area contributed by atoms with E-state index in [4.69, 9.17) is 4.42 Å². The van der Waals surface area contributed by atoms with Gasteiger partial charge in [0.25, 0.3) is 5.91 Å². The molecule has 6 heteroatoms. The standard InChI is InChI=1S/C18H17FN2O2S.C3H8.C2H2/c1-20-18(22)16-14-9-8-13(21(2)24-3)10-15(14)23-17(16)11-4-6-12(19)7-5-11;1-3-2;1-2/h4-10H,1-3H3,(H,20,22);3H2,1-2H3;1-2H. The van der Waals surface area contributed by atoms with E-state index in [1.807, 2.05) is 35.8 Å². The molecule has 0 aliphatic rings. The number of amides is 1. The van der Waals surface area contributed by atoms with Crippen LogP contribution in [0.1, 0.15) is 30.6 Å². The van der Waals surface area contributed by atoms with Crippen LogP contribution in [0.25, 0.3) is 22.3 Å². The highest BCUT2D eigenvalue weighted by atomic mass is 32.2. The zero-order valence-electron chi connectivity index (χ0n) is 17.5. The van der Waals surface area contributed by atoms with Crippen LogP contribution in [-0.4, -0.2) is 26.3 Å². The molecule has 1 aromatic heterocycles. The lowest BCUT2D eigenvalue weighted by atomic mass is 10.0. The molecule has 0 aliphatic heterocycles. The summed E-state index contributed by atoms with van der Waals surface area (Å²) in [6.45, 7) is 4.25. The van der Waals surface area contributed by atoms with E-state index < -0.39 is 0 Å². The van der Waals surface area contributed by atoms with E-state index in [-0.39, 0.29) is 11.7 Å². The summed E-state index contributed by atoms with van der Waals surface area (Å²) in [6, 6.07) is 11.6. The van der Waals surface area contributed by atoms with Crippen molar-refractivity contribution in [3.05, 3.63) is 53.8 Å². The molecular formula is C23H27FN2O2S. The van der Waals surface area contributed by atoms with Gasteiger partial charge in [-0.05, 0) is 36.4 Å². The summed E-state index contributed by atoms with van der Waals surface area (Å²) >= 11 is 1.58. The maximum Gasteiger partial charge on any atom is 0.255 e. The van der Waals surface area contributed by atoms with Crippen molar-refractivity contribution in [2.75, 3.05) is 24.7 Å². The highest BCUT2D eigenvalue weighted by Gasteiger charge is 2.22. The number of carbonyl (C=O) groups is 1. The number of furan rings is 1. The van der Waals surface area contributed by atoms with Crippen molar-refractivity contribution in [2.45, 2.75) is 20.3 Å². The minimum Gasteiger partial charge on any atom is -0.455 e. The van der Waals surface area contributed by atoms with Crippen LogP contribution in [0.2, 0.25) is 0 Å². The van der Waals surface area contributed by atoms with Gasteiger partial charge in [-0.1, -0.05) is 32.2 Å². The predicted molar refractivity (Wildman–Crippen MR) is 123 cm³/mol. The first kappa shape index (κ1) is 24.1. The van der Waals surface area contributed by atoms with Crippen molar-refractivity contribution >= 4 is 34.5 Å². The Kier molecular flexibility index (Phi) is 9.84. The Balaban J connectivity index is 0.000000771. The fourth-order valence-corrected chi connectivity index (χ4v) is 2.87. The maximum absolute atomic E-state index is 13.2. The van der Waals surface area contributed by atoms with Gasteiger partial charge in [-0.3, -0.25) is 4.79 Å². The monoisotopic (exact) mass is 414 g/mol. The van der Waals surface area contributed by atoms with Crippen LogP contribution < -0.4 is 9.62 Å². The largest absolute Gasteiger partial charge is 0.455 e. The lowest BCUT2D eigenvalue weighted by Crippen LogP contribution is -2.18. The molecule has 2 aromatic carbocycles. The Morgan fingerprint density at radius 1 is 1.17 bits per heavy atom. The van der Waals surface area contributed by atoms with Crippen LogP contribution in [0.4, 0.5) is 10.1 Å². The topological polar surface area (TPSA) is 45.5 Å². The number of halogens is 1.